The van der Waals surface area contributed by atoms with E-state index in [0.717, 1.165) is 0 Å². The fourth-order valence-corrected chi connectivity index (χ4v) is 3.56. The van der Waals surface area contributed by atoms with Gasteiger partial charge >= 0.3 is 0 Å². The quantitative estimate of drug-likeness (QED) is 0.683. The summed E-state index contributed by atoms with van der Waals surface area (Å²) in [6.45, 7) is 0.244. The first kappa shape index (κ1) is 20.2. The Kier molecular flexibility index (Phi) is 7.00. The van der Waals surface area contributed by atoms with E-state index in [4.69, 9.17) is 28.5 Å². The van der Waals surface area contributed by atoms with Gasteiger partial charge in [-0.05, 0) is 42.0 Å². The van der Waals surface area contributed by atoms with Crippen molar-refractivity contribution in [3.8, 4) is 6.07 Å². The Balaban J connectivity index is 2.01. The molecule has 0 atom stereocenters. The van der Waals surface area contributed by atoms with Crippen molar-refractivity contribution in [2.45, 2.75) is 17.9 Å². The van der Waals surface area contributed by atoms with Crippen molar-refractivity contribution < 1.29 is 13.2 Å². The van der Waals surface area contributed by atoms with Crippen molar-refractivity contribution >= 4 is 39.1 Å². The van der Waals surface area contributed by atoms with E-state index in [0.29, 0.717) is 21.2 Å². The minimum absolute atomic E-state index is 0.0211. The molecule has 0 fully saturated rings. The van der Waals surface area contributed by atoms with Crippen molar-refractivity contribution in [3.05, 3.63) is 63.6 Å². The third-order valence-electron chi connectivity index (χ3n) is 3.41. The lowest BCUT2D eigenvalue weighted by Crippen LogP contribution is -2.25. The molecule has 0 radical (unpaired) electrons. The molecule has 26 heavy (non-hydrogen) atoms. The van der Waals surface area contributed by atoms with Crippen molar-refractivity contribution in [1.29, 1.82) is 5.26 Å². The molecular formula is C17H15Cl2N3O3S. The molecule has 2 aromatic carbocycles. The fourth-order valence-electron chi connectivity index (χ4n) is 2.05. The number of rotatable bonds is 7. The van der Waals surface area contributed by atoms with Crippen molar-refractivity contribution in [2.24, 2.45) is 0 Å². The van der Waals surface area contributed by atoms with Crippen molar-refractivity contribution in [1.82, 2.24) is 10.0 Å². The van der Waals surface area contributed by atoms with Gasteiger partial charge in [-0.15, -0.1) is 0 Å². The van der Waals surface area contributed by atoms with Crippen LogP contribution in [0.1, 0.15) is 22.3 Å². The topological polar surface area (TPSA) is 99.1 Å². The zero-order valence-electron chi connectivity index (χ0n) is 13.5. The van der Waals surface area contributed by atoms with Gasteiger partial charge in [-0.25, -0.2) is 13.1 Å². The van der Waals surface area contributed by atoms with Crippen LogP contribution in [-0.2, 0) is 16.6 Å². The first-order valence-corrected chi connectivity index (χ1v) is 9.76. The average Bonchev–Trinajstić information content (AvgIpc) is 2.61. The molecule has 2 aromatic rings. The van der Waals surface area contributed by atoms with E-state index < -0.39 is 10.0 Å². The van der Waals surface area contributed by atoms with Crippen LogP contribution in [0.4, 0.5) is 0 Å². The monoisotopic (exact) mass is 411 g/mol. The van der Waals surface area contributed by atoms with Gasteiger partial charge in [-0.2, -0.15) is 5.26 Å². The van der Waals surface area contributed by atoms with Crippen LogP contribution in [0, 0.1) is 11.3 Å². The molecular weight excluding hydrogens is 397 g/mol. The number of carbonyl (C=O) groups excluding carboxylic acids is 1. The lowest BCUT2D eigenvalue weighted by molar-refractivity contribution is 0.0951. The van der Waals surface area contributed by atoms with Crippen LogP contribution in [0.5, 0.6) is 0 Å². The number of sulfonamides is 1. The largest absolute Gasteiger partial charge is 0.348 e. The van der Waals surface area contributed by atoms with Gasteiger partial charge in [0.25, 0.3) is 5.91 Å². The number of hydrogen-bond donors (Lipinski definition) is 2. The number of carbonyl (C=O) groups is 1. The summed E-state index contributed by atoms with van der Waals surface area (Å²) in [4.78, 5) is 12.2. The summed E-state index contributed by atoms with van der Waals surface area (Å²) in [6.07, 6.45) is 0.0764. The molecule has 0 saturated carbocycles. The second-order valence-corrected chi connectivity index (χ2v) is 7.86. The van der Waals surface area contributed by atoms with Crippen LogP contribution in [0.15, 0.2) is 47.4 Å². The standard InChI is InChI=1S/C17H15Cl2N3O3S/c18-14-5-2-13(16(19)10-14)11-21-17(23)12-3-6-15(7-4-12)26(24,25)22-9-1-8-20/h2-7,10,22H,1,9,11H2,(H,21,23). The normalized spacial score (nSPS) is 11.0. The van der Waals surface area contributed by atoms with Gasteiger partial charge in [0, 0.05) is 35.1 Å². The predicted octanol–water partition coefficient (Wildman–Crippen LogP) is 3.12. The molecule has 0 aliphatic carbocycles. The van der Waals surface area contributed by atoms with Crippen LogP contribution in [0.25, 0.3) is 0 Å². The molecule has 0 heterocycles. The summed E-state index contributed by atoms with van der Waals surface area (Å²) < 4.78 is 26.3. The maximum Gasteiger partial charge on any atom is 0.251 e. The van der Waals surface area contributed by atoms with Crippen molar-refractivity contribution in [3.63, 3.8) is 0 Å². The molecule has 9 heteroatoms. The summed E-state index contributed by atoms with van der Waals surface area (Å²) in [5, 5.41) is 12.1. The SMILES string of the molecule is N#CCCNS(=O)(=O)c1ccc(C(=O)NCc2ccc(Cl)cc2Cl)cc1. The summed E-state index contributed by atoms with van der Waals surface area (Å²) in [6, 6.07) is 12.3. The molecule has 0 spiro atoms. The second-order valence-electron chi connectivity index (χ2n) is 5.25. The number of halogens is 2. The van der Waals surface area contributed by atoms with Gasteiger partial charge in [-0.1, -0.05) is 29.3 Å². The van der Waals surface area contributed by atoms with Crippen LogP contribution in [0.2, 0.25) is 10.0 Å². The highest BCUT2D eigenvalue weighted by atomic mass is 35.5. The van der Waals surface area contributed by atoms with Gasteiger partial charge < -0.3 is 5.32 Å². The number of amides is 1. The van der Waals surface area contributed by atoms with E-state index in [1.807, 2.05) is 6.07 Å². The molecule has 6 nitrogen and oxygen atoms in total. The average molecular weight is 412 g/mol. The maximum atomic E-state index is 12.2. The van der Waals surface area contributed by atoms with Crippen molar-refractivity contribution in [2.75, 3.05) is 6.54 Å². The maximum absolute atomic E-state index is 12.2. The lowest BCUT2D eigenvalue weighted by Gasteiger charge is -2.09. The number of benzene rings is 2. The zero-order valence-corrected chi connectivity index (χ0v) is 15.8. The molecule has 2 N–H and O–H groups in total. The Morgan fingerprint density at radius 2 is 1.81 bits per heavy atom. The molecule has 0 aromatic heterocycles. The Hall–Kier alpha value is -2.11. The first-order chi connectivity index (χ1) is 12.3. The Morgan fingerprint density at radius 3 is 2.42 bits per heavy atom. The molecule has 0 bridgehead atoms. The smallest absolute Gasteiger partial charge is 0.251 e. The van der Waals surface area contributed by atoms with Crippen LogP contribution >= 0.6 is 23.2 Å². The van der Waals surface area contributed by atoms with Crippen LogP contribution in [0.3, 0.4) is 0 Å². The highest BCUT2D eigenvalue weighted by Gasteiger charge is 2.14. The van der Waals surface area contributed by atoms with E-state index >= 15 is 0 Å². The molecule has 0 saturated heterocycles. The Bertz CT molecular complexity index is 939. The van der Waals surface area contributed by atoms with Gasteiger partial charge in [0.05, 0.1) is 11.0 Å². The van der Waals surface area contributed by atoms with Gasteiger partial charge in [-0.3, -0.25) is 4.79 Å². The third kappa shape index (κ3) is 5.44. The molecule has 2 rings (SSSR count). The molecule has 0 aliphatic rings. The fraction of sp³-hybridized carbons (Fsp3) is 0.176. The summed E-state index contributed by atoms with van der Waals surface area (Å²) in [5.74, 6) is -0.364. The molecule has 136 valence electrons. The summed E-state index contributed by atoms with van der Waals surface area (Å²) in [5.41, 5.74) is 1.02. The minimum Gasteiger partial charge on any atom is -0.348 e. The Labute approximate surface area is 161 Å². The first-order valence-electron chi connectivity index (χ1n) is 7.52. The second kappa shape index (κ2) is 9.01. The van der Waals surface area contributed by atoms with Gasteiger partial charge in [0.1, 0.15) is 0 Å². The summed E-state index contributed by atoms with van der Waals surface area (Å²) >= 11 is 11.9. The van der Waals surface area contributed by atoms with E-state index in [1.54, 1.807) is 18.2 Å². The van der Waals surface area contributed by atoms with Gasteiger partial charge in [0.2, 0.25) is 10.0 Å². The number of nitrogens with zero attached hydrogens (tertiary/aromatic N) is 1. The van der Waals surface area contributed by atoms with E-state index in [2.05, 4.69) is 10.0 Å². The van der Waals surface area contributed by atoms with Crippen LogP contribution in [-0.4, -0.2) is 20.9 Å². The third-order valence-corrected chi connectivity index (χ3v) is 5.47. The number of nitrogens with one attached hydrogen (secondary N) is 2. The highest BCUT2D eigenvalue weighted by Crippen LogP contribution is 2.21. The lowest BCUT2D eigenvalue weighted by atomic mass is 10.2. The number of nitriles is 1. The zero-order chi connectivity index (χ0) is 19.2. The predicted molar refractivity (Wildman–Crippen MR) is 99.5 cm³/mol. The highest BCUT2D eigenvalue weighted by molar-refractivity contribution is 7.89. The van der Waals surface area contributed by atoms with Crippen LogP contribution < -0.4 is 10.0 Å². The molecule has 0 aliphatic heterocycles. The van der Waals surface area contributed by atoms with Gasteiger partial charge in [0.15, 0.2) is 0 Å². The minimum atomic E-state index is -3.70. The van der Waals surface area contributed by atoms with E-state index in [1.165, 1.54) is 24.3 Å². The summed E-state index contributed by atoms with van der Waals surface area (Å²) in [7, 11) is -3.70. The van der Waals surface area contributed by atoms with E-state index in [9.17, 15) is 13.2 Å². The van der Waals surface area contributed by atoms with E-state index in [-0.39, 0.29) is 30.3 Å². The Morgan fingerprint density at radius 1 is 1.12 bits per heavy atom. The molecule has 1 amide bonds. The number of hydrogen-bond acceptors (Lipinski definition) is 4. The molecule has 0 unspecified atom stereocenters.